The number of aromatic nitrogens is 2. The molecule has 7 heteroatoms. The molecule has 0 saturated carbocycles. The summed E-state index contributed by atoms with van der Waals surface area (Å²) in [7, 11) is 0. The van der Waals surface area contributed by atoms with Crippen molar-refractivity contribution in [1.82, 2.24) is 9.97 Å². The van der Waals surface area contributed by atoms with Crippen LogP contribution in [0.15, 0.2) is 54.7 Å². The minimum atomic E-state index is -0.226. The predicted octanol–water partition coefficient (Wildman–Crippen LogP) is 4.25. The Labute approximate surface area is 163 Å². The van der Waals surface area contributed by atoms with E-state index in [1.807, 2.05) is 12.1 Å². The Morgan fingerprint density at radius 1 is 0.964 bits per heavy atom. The predicted molar refractivity (Wildman–Crippen MR) is 109 cm³/mol. The Hall–Kier alpha value is -3.19. The topological polar surface area (TPSA) is 62.3 Å². The van der Waals surface area contributed by atoms with Crippen molar-refractivity contribution in [3.63, 3.8) is 0 Å². The molecule has 2 heterocycles. The van der Waals surface area contributed by atoms with Gasteiger partial charge in [-0.15, -0.1) is 0 Å². The lowest BCUT2D eigenvalue weighted by atomic mass is 10.2. The van der Waals surface area contributed by atoms with E-state index < -0.39 is 0 Å². The quantitative estimate of drug-likeness (QED) is 0.691. The third-order valence-corrected chi connectivity index (χ3v) is 4.59. The Kier molecular flexibility index (Phi) is 5.34. The SMILES string of the molecule is Cc1cc(Nc2ccnc(Nc3ccc(N4CCOCC4)cc3)n2)ccc1F. The van der Waals surface area contributed by atoms with Crippen LogP contribution in [0.25, 0.3) is 0 Å². The van der Waals surface area contributed by atoms with E-state index in [0.29, 0.717) is 17.3 Å². The number of morpholine rings is 1. The van der Waals surface area contributed by atoms with Crippen molar-refractivity contribution in [3.05, 3.63) is 66.1 Å². The highest BCUT2D eigenvalue weighted by Crippen LogP contribution is 2.22. The van der Waals surface area contributed by atoms with Gasteiger partial charge in [0.1, 0.15) is 11.6 Å². The van der Waals surface area contributed by atoms with Crippen molar-refractivity contribution >= 4 is 28.8 Å². The third kappa shape index (κ3) is 4.37. The van der Waals surface area contributed by atoms with E-state index in [-0.39, 0.29) is 5.82 Å². The molecule has 2 aromatic carbocycles. The first kappa shape index (κ1) is 18.2. The first-order chi connectivity index (χ1) is 13.7. The monoisotopic (exact) mass is 379 g/mol. The van der Waals surface area contributed by atoms with Crippen LogP contribution in [0.2, 0.25) is 0 Å². The maximum Gasteiger partial charge on any atom is 0.229 e. The van der Waals surface area contributed by atoms with Crippen LogP contribution in [-0.2, 0) is 4.74 Å². The molecule has 0 spiro atoms. The van der Waals surface area contributed by atoms with E-state index in [1.54, 1.807) is 31.3 Å². The van der Waals surface area contributed by atoms with Crippen LogP contribution in [0.1, 0.15) is 5.56 Å². The molecule has 28 heavy (non-hydrogen) atoms. The van der Waals surface area contributed by atoms with Gasteiger partial charge in [-0.1, -0.05) is 0 Å². The van der Waals surface area contributed by atoms with Gasteiger partial charge in [0.15, 0.2) is 0 Å². The van der Waals surface area contributed by atoms with Gasteiger partial charge in [0, 0.05) is 36.3 Å². The Morgan fingerprint density at radius 3 is 2.46 bits per heavy atom. The second-order valence-electron chi connectivity index (χ2n) is 6.63. The zero-order valence-corrected chi connectivity index (χ0v) is 15.7. The molecule has 0 bridgehead atoms. The largest absolute Gasteiger partial charge is 0.378 e. The highest BCUT2D eigenvalue weighted by Gasteiger charge is 2.11. The molecule has 4 rings (SSSR count). The molecule has 1 aliphatic rings. The fourth-order valence-electron chi connectivity index (χ4n) is 3.07. The summed E-state index contributed by atoms with van der Waals surface area (Å²) < 4.78 is 18.8. The number of hydrogen-bond acceptors (Lipinski definition) is 6. The molecule has 3 aromatic rings. The molecule has 1 aromatic heterocycles. The maximum atomic E-state index is 13.4. The van der Waals surface area contributed by atoms with Crippen LogP contribution >= 0.6 is 0 Å². The summed E-state index contributed by atoms with van der Waals surface area (Å²) in [6, 6.07) is 14.8. The highest BCUT2D eigenvalue weighted by molar-refractivity contribution is 5.62. The van der Waals surface area contributed by atoms with Gasteiger partial charge < -0.3 is 20.3 Å². The van der Waals surface area contributed by atoms with Crippen molar-refractivity contribution < 1.29 is 9.13 Å². The van der Waals surface area contributed by atoms with E-state index >= 15 is 0 Å². The summed E-state index contributed by atoms with van der Waals surface area (Å²) in [5.74, 6) is 0.896. The highest BCUT2D eigenvalue weighted by atomic mass is 19.1. The molecular formula is C21H22FN5O. The minimum absolute atomic E-state index is 0.226. The molecule has 0 radical (unpaired) electrons. The zero-order chi connectivity index (χ0) is 19.3. The van der Waals surface area contributed by atoms with Gasteiger partial charge in [0.25, 0.3) is 0 Å². The van der Waals surface area contributed by atoms with Crippen molar-refractivity contribution in [3.8, 4) is 0 Å². The van der Waals surface area contributed by atoms with E-state index in [2.05, 4.69) is 37.6 Å². The lowest BCUT2D eigenvalue weighted by Gasteiger charge is -2.28. The molecule has 0 unspecified atom stereocenters. The number of benzene rings is 2. The standard InChI is InChI=1S/C21H22FN5O/c1-15-14-17(4-7-19(15)22)24-20-8-9-23-21(26-20)25-16-2-5-18(6-3-16)27-10-12-28-13-11-27/h2-9,14H,10-13H2,1H3,(H2,23,24,25,26). The number of nitrogens with one attached hydrogen (secondary N) is 2. The van der Waals surface area contributed by atoms with Crippen molar-refractivity contribution in [2.75, 3.05) is 41.8 Å². The molecule has 144 valence electrons. The average Bonchev–Trinajstić information content (AvgIpc) is 2.72. The van der Waals surface area contributed by atoms with E-state index in [0.717, 1.165) is 37.7 Å². The summed E-state index contributed by atoms with van der Waals surface area (Å²) in [5, 5.41) is 6.39. The fraction of sp³-hybridized carbons (Fsp3) is 0.238. The van der Waals surface area contributed by atoms with Crippen molar-refractivity contribution in [2.24, 2.45) is 0 Å². The van der Waals surface area contributed by atoms with Crippen LogP contribution in [0.4, 0.5) is 33.2 Å². The first-order valence-corrected chi connectivity index (χ1v) is 9.23. The molecule has 6 nitrogen and oxygen atoms in total. The lowest BCUT2D eigenvalue weighted by Crippen LogP contribution is -2.36. The third-order valence-electron chi connectivity index (χ3n) is 4.59. The van der Waals surface area contributed by atoms with Gasteiger partial charge in [-0.3, -0.25) is 0 Å². The lowest BCUT2D eigenvalue weighted by molar-refractivity contribution is 0.122. The average molecular weight is 379 g/mol. The molecule has 2 N–H and O–H groups in total. The Balaban J connectivity index is 1.43. The Bertz CT molecular complexity index is 942. The summed E-state index contributed by atoms with van der Waals surface area (Å²) >= 11 is 0. The number of hydrogen-bond donors (Lipinski definition) is 2. The second kappa shape index (κ2) is 8.22. The number of anilines is 5. The number of aryl methyl sites for hydroxylation is 1. The summed E-state index contributed by atoms with van der Waals surface area (Å²) in [5.41, 5.74) is 3.44. The number of nitrogens with zero attached hydrogens (tertiary/aromatic N) is 3. The van der Waals surface area contributed by atoms with Crippen LogP contribution in [0.5, 0.6) is 0 Å². The van der Waals surface area contributed by atoms with Crippen LogP contribution in [-0.4, -0.2) is 36.3 Å². The zero-order valence-electron chi connectivity index (χ0n) is 15.7. The normalized spacial score (nSPS) is 14.0. The van der Waals surface area contributed by atoms with Crippen LogP contribution < -0.4 is 15.5 Å². The molecular weight excluding hydrogens is 357 g/mol. The summed E-state index contributed by atoms with van der Waals surface area (Å²) in [6.07, 6.45) is 1.68. The summed E-state index contributed by atoms with van der Waals surface area (Å²) in [4.78, 5) is 11.0. The molecule has 0 aliphatic carbocycles. The summed E-state index contributed by atoms with van der Waals surface area (Å²) in [6.45, 7) is 5.08. The second-order valence-corrected chi connectivity index (χ2v) is 6.63. The van der Waals surface area contributed by atoms with Gasteiger partial charge in [0.2, 0.25) is 5.95 Å². The van der Waals surface area contributed by atoms with E-state index in [1.165, 1.54) is 11.8 Å². The van der Waals surface area contributed by atoms with Crippen LogP contribution in [0, 0.1) is 12.7 Å². The number of rotatable bonds is 5. The van der Waals surface area contributed by atoms with E-state index in [9.17, 15) is 4.39 Å². The Morgan fingerprint density at radius 2 is 1.71 bits per heavy atom. The van der Waals surface area contributed by atoms with Gasteiger partial charge in [-0.25, -0.2) is 9.37 Å². The van der Waals surface area contributed by atoms with Crippen LogP contribution in [0.3, 0.4) is 0 Å². The molecule has 1 aliphatic heterocycles. The van der Waals surface area contributed by atoms with Gasteiger partial charge in [0.05, 0.1) is 13.2 Å². The molecule has 1 saturated heterocycles. The minimum Gasteiger partial charge on any atom is -0.378 e. The van der Waals surface area contributed by atoms with Gasteiger partial charge >= 0.3 is 0 Å². The van der Waals surface area contributed by atoms with Crippen molar-refractivity contribution in [2.45, 2.75) is 6.92 Å². The molecule has 0 atom stereocenters. The fourth-order valence-corrected chi connectivity index (χ4v) is 3.07. The number of ether oxygens (including phenoxy) is 1. The maximum absolute atomic E-state index is 13.4. The first-order valence-electron chi connectivity index (χ1n) is 9.23. The number of halogens is 1. The molecule has 1 fully saturated rings. The van der Waals surface area contributed by atoms with Crippen molar-refractivity contribution in [1.29, 1.82) is 0 Å². The molecule has 0 amide bonds. The van der Waals surface area contributed by atoms with Gasteiger partial charge in [-0.05, 0) is 61.0 Å². The van der Waals surface area contributed by atoms with E-state index in [4.69, 9.17) is 4.74 Å². The smallest absolute Gasteiger partial charge is 0.229 e. The van der Waals surface area contributed by atoms with Gasteiger partial charge in [-0.2, -0.15) is 4.98 Å².